The highest BCUT2D eigenvalue weighted by molar-refractivity contribution is 9.10. The molecule has 1 aromatic carbocycles. The number of nitrogens with one attached hydrogen (secondary N) is 1. The minimum Gasteiger partial charge on any atom is -0.442 e. The molecular formula is C30H28BrFN6O7. The van der Waals surface area contributed by atoms with Crippen LogP contribution >= 0.6 is 15.9 Å². The first-order valence-electron chi connectivity index (χ1n) is 14.1. The van der Waals surface area contributed by atoms with Crippen LogP contribution in [0.15, 0.2) is 69.6 Å². The van der Waals surface area contributed by atoms with E-state index in [4.69, 9.17) is 14.4 Å². The number of oxime groups is 2. The van der Waals surface area contributed by atoms with Crippen molar-refractivity contribution in [2.45, 2.75) is 43.7 Å². The Bertz CT molecular complexity index is 1640. The number of nitrogens with zero attached hydrogens (tertiary/aromatic N) is 5. The van der Waals surface area contributed by atoms with E-state index in [-0.39, 0.29) is 26.1 Å². The highest BCUT2D eigenvalue weighted by atomic mass is 79.9. The van der Waals surface area contributed by atoms with Crippen LogP contribution < -0.4 is 10.2 Å². The van der Waals surface area contributed by atoms with Crippen molar-refractivity contribution in [2.75, 3.05) is 24.6 Å². The minimum atomic E-state index is -1.11. The fourth-order valence-corrected chi connectivity index (χ4v) is 5.30. The summed E-state index contributed by atoms with van der Waals surface area (Å²) < 4.78 is 21.4. The number of ether oxygens (including phenoxy) is 1. The molecule has 13 nitrogen and oxygen atoms in total. The lowest BCUT2D eigenvalue weighted by Gasteiger charge is -2.17. The van der Waals surface area contributed by atoms with Gasteiger partial charge in [0.05, 0.1) is 43.2 Å². The summed E-state index contributed by atoms with van der Waals surface area (Å²) in [6, 6.07) is 11.4. The van der Waals surface area contributed by atoms with Crippen LogP contribution in [0.4, 0.5) is 14.9 Å². The fraction of sp³-hybridized carbons (Fsp3) is 0.333. The average molecular weight is 683 g/mol. The minimum absolute atomic E-state index is 0.0118. The van der Waals surface area contributed by atoms with Crippen LogP contribution in [0.25, 0.3) is 11.1 Å². The number of hydrogen-bond donors (Lipinski definition) is 3. The maximum atomic E-state index is 15.2. The van der Waals surface area contributed by atoms with E-state index in [1.54, 1.807) is 36.5 Å². The molecule has 0 bridgehead atoms. The van der Waals surface area contributed by atoms with Crippen LogP contribution in [0.1, 0.15) is 30.7 Å². The van der Waals surface area contributed by atoms with E-state index >= 15 is 4.39 Å². The van der Waals surface area contributed by atoms with Crippen molar-refractivity contribution in [1.82, 2.24) is 15.3 Å². The zero-order valence-corrected chi connectivity index (χ0v) is 25.3. The number of halogens is 2. The van der Waals surface area contributed by atoms with Gasteiger partial charge >= 0.3 is 6.09 Å². The van der Waals surface area contributed by atoms with Crippen molar-refractivity contribution >= 4 is 45.0 Å². The Labute approximate surface area is 264 Å². The molecule has 234 valence electrons. The third-order valence-electron chi connectivity index (χ3n) is 7.51. The van der Waals surface area contributed by atoms with E-state index in [0.717, 1.165) is 4.47 Å². The summed E-state index contributed by atoms with van der Waals surface area (Å²) in [4.78, 5) is 45.4. The summed E-state index contributed by atoms with van der Waals surface area (Å²) in [5.41, 5.74) is 3.50. The number of rotatable bonds is 10. The number of carbonyl (C=O) groups is 2. The Kier molecular flexibility index (Phi) is 9.00. The maximum absolute atomic E-state index is 15.2. The van der Waals surface area contributed by atoms with E-state index in [1.807, 2.05) is 6.07 Å². The van der Waals surface area contributed by atoms with Crippen molar-refractivity contribution < 1.29 is 38.6 Å². The molecule has 3 aliphatic heterocycles. The van der Waals surface area contributed by atoms with Gasteiger partial charge in [-0.15, -0.1) is 0 Å². The number of carbonyl (C=O) groups excluding carboxylic acids is 2. The molecule has 0 spiro atoms. The topological polar surface area (TPSA) is 168 Å². The first kappa shape index (κ1) is 30.6. The zero-order valence-electron chi connectivity index (χ0n) is 23.7. The highest BCUT2D eigenvalue weighted by Crippen LogP contribution is 2.29. The van der Waals surface area contributed by atoms with Crippen molar-refractivity contribution in [3.63, 3.8) is 0 Å². The molecule has 3 aliphatic rings. The monoisotopic (exact) mass is 682 g/mol. The average Bonchev–Trinajstić information content (AvgIpc) is 3.81. The Balaban J connectivity index is 0.985. The van der Waals surface area contributed by atoms with Gasteiger partial charge in [0, 0.05) is 40.8 Å². The number of anilines is 1. The fourth-order valence-electron chi connectivity index (χ4n) is 5.07. The predicted octanol–water partition coefficient (Wildman–Crippen LogP) is 2.92. The molecule has 5 heterocycles. The van der Waals surface area contributed by atoms with Gasteiger partial charge in [-0.3, -0.25) is 19.7 Å². The van der Waals surface area contributed by atoms with Crippen LogP contribution in [-0.2, 0) is 19.2 Å². The Morgan fingerprint density at radius 2 is 1.80 bits per heavy atom. The maximum Gasteiger partial charge on any atom is 0.414 e. The summed E-state index contributed by atoms with van der Waals surface area (Å²) in [7, 11) is 0. The SMILES string of the molecule is O=C(CC(O)[C@@H]1CC(c2ccc(Br)cn2)=NO1)NC[C@H]1CN(c2ccc(-c3ccc(C4=NO[C@H](CO)C4)nc3)c(F)c2)C(=O)O1. The van der Waals surface area contributed by atoms with Crippen LogP contribution in [0.3, 0.4) is 0 Å². The lowest BCUT2D eigenvalue weighted by Crippen LogP contribution is -2.38. The number of aromatic nitrogens is 2. The molecule has 2 amide bonds. The predicted molar refractivity (Wildman–Crippen MR) is 162 cm³/mol. The van der Waals surface area contributed by atoms with Gasteiger partial charge in [-0.05, 0) is 52.3 Å². The molecule has 15 heteroatoms. The molecule has 3 N–H and O–H groups in total. The molecule has 1 unspecified atom stereocenters. The van der Waals surface area contributed by atoms with Crippen molar-refractivity contribution in [1.29, 1.82) is 0 Å². The highest BCUT2D eigenvalue weighted by Gasteiger charge is 2.34. The number of amides is 2. The van der Waals surface area contributed by atoms with Crippen LogP contribution in [-0.4, -0.2) is 87.7 Å². The standard InChI is InChI=1S/C30H28BrFN6O7/c31-17-2-6-24(34-12-17)26-9-28(45-37-26)27(40)10-29(41)35-13-20-14-38(30(42)43-20)18-3-4-21(22(32)7-18)16-1-5-23(33-11-16)25-8-19(15-39)44-36-25/h1-7,11-12,19-20,27-28,39-40H,8-10,13-15H2,(H,35,41)/t19-,20-,27?,28-/m0/s1. The molecule has 3 aromatic rings. The van der Waals surface area contributed by atoms with Gasteiger partial charge in [0.2, 0.25) is 5.91 Å². The first-order valence-corrected chi connectivity index (χ1v) is 14.9. The molecule has 0 radical (unpaired) electrons. The third-order valence-corrected chi connectivity index (χ3v) is 7.98. The number of cyclic esters (lactones) is 1. The summed E-state index contributed by atoms with van der Waals surface area (Å²) >= 11 is 3.32. The molecular weight excluding hydrogens is 655 g/mol. The van der Waals surface area contributed by atoms with Crippen LogP contribution in [0, 0.1) is 5.82 Å². The number of hydrogen-bond acceptors (Lipinski definition) is 11. The van der Waals surface area contributed by atoms with Crippen LogP contribution in [0.2, 0.25) is 0 Å². The zero-order chi connectivity index (χ0) is 31.5. The van der Waals surface area contributed by atoms with Gasteiger partial charge in [-0.25, -0.2) is 9.18 Å². The molecule has 0 aliphatic carbocycles. The van der Waals surface area contributed by atoms with Gasteiger partial charge in [0.15, 0.2) is 12.2 Å². The van der Waals surface area contributed by atoms with Gasteiger partial charge in [-0.1, -0.05) is 16.4 Å². The summed E-state index contributed by atoms with van der Waals surface area (Å²) in [5, 5.41) is 30.3. The van der Waals surface area contributed by atoms with E-state index in [9.17, 15) is 19.8 Å². The smallest absolute Gasteiger partial charge is 0.414 e. The largest absolute Gasteiger partial charge is 0.442 e. The molecule has 1 saturated heterocycles. The van der Waals surface area contributed by atoms with Crippen molar-refractivity contribution in [3.05, 3.63) is 76.5 Å². The number of aliphatic hydroxyl groups excluding tert-OH is 2. The summed E-state index contributed by atoms with van der Waals surface area (Å²) in [5.74, 6) is -1.01. The quantitative estimate of drug-likeness (QED) is 0.291. The van der Waals surface area contributed by atoms with Gasteiger partial charge in [0.25, 0.3) is 0 Å². The Morgan fingerprint density at radius 3 is 2.49 bits per heavy atom. The number of aliphatic hydroxyl groups is 2. The third kappa shape index (κ3) is 6.95. The first-order chi connectivity index (χ1) is 21.8. The second-order valence-corrected chi connectivity index (χ2v) is 11.6. The lowest BCUT2D eigenvalue weighted by atomic mass is 10.0. The lowest BCUT2D eigenvalue weighted by molar-refractivity contribution is -0.125. The summed E-state index contributed by atoms with van der Waals surface area (Å²) in [6.45, 7) is -0.0381. The number of benzene rings is 1. The molecule has 4 atom stereocenters. The molecule has 2 aromatic heterocycles. The number of pyridine rings is 2. The van der Waals surface area contributed by atoms with E-state index in [1.165, 1.54) is 17.2 Å². The van der Waals surface area contributed by atoms with Gasteiger partial charge in [-0.2, -0.15) is 0 Å². The van der Waals surface area contributed by atoms with E-state index in [0.29, 0.717) is 52.5 Å². The molecule has 0 saturated carbocycles. The second-order valence-electron chi connectivity index (χ2n) is 10.7. The second kappa shape index (κ2) is 13.3. The van der Waals surface area contributed by atoms with E-state index < -0.39 is 42.2 Å². The Morgan fingerprint density at radius 1 is 1.04 bits per heavy atom. The van der Waals surface area contributed by atoms with Crippen molar-refractivity contribution in [2.24, 2.45) is 10.3 Å². The van der Waals surface area contributed by atoms with Gasteiger partial charge < -0.3 is 29.9 Å². The molecule has 45 heavy (non-hydrogen) atoms. The van der Waals surface area contributed by atoms with Crippen molar-refractivity contribution in [3.8, 4) is 11.1 Å². The van der Waals surface area contributed by atoms with Gasteiger partial charge in [0.1, 0.15) is 29.4 Å². The normalized spacial score (nSPS) is 21.5. The summed E-state index contributed by atoms with van der Waals surface area (Å²) in [6.07, 6.45) is 0.107. The van der Waals surface area contributed by atoms with E-state index in [2.05, 4.69) is 41.5 Å². The van der Waals surface area contributed by atoms with Crippen LogP contribution in [0.5, 0.6) is 0 Å². The molecule has 1 fully saturated rings. The Hall–Kier alpha value is -4.47. The molecule has 6 rings (SSSR count).